The predicted octanol–water partition coefficient (Wildman–Crippen LogP) is 4.07. The first kappa shape index (κ1) is 16.1. The summed E-state index contributed by atoms with van der Waals surface area (Å²) in [5.74, 6) is 0. The van der Waals surface area contributed by atoms with Gasteiger partial charge in [-0.3, -0.25) is 4.68 Å². The van der Waals surface area contributed by atoms with Crippen molar-refractivity contribution in [3.63, 3.8) is 0 Å². The summed E-state index contributed by atoms with van der Waals surface area (Å²) in [6.45, 7) is 7.34. The van der Waals surface area contributed by atoms with Gasteiger partial charge in [-0.2, -0.15) is 5.10 Å². The SMILES string of the molecule is CCCn1ncc(Cl)c1C(Cc1cc(C)ccc1C)NC. The van der Waals surface area contributed by atoms with Gasteiger partial charge in [-0.25, -0.2) is 0 Å². The van der Waals surface area contributed by atoms with Crippen LogP contribution in [0.4, 0.5) is 0 Å². The van der Waals surface area contributed by atoms with Gasteiger partial charge in [0.05, 0.1) is 23.0 Å². The molecule has 0 aliphatic carbocycles. The molecule has 2 aromatic rings. The molecule has 0 bridgehead atoms. The highest BCUT2D eigenvalue weighted by Gasteiger charge is 2.20. The van der Waals surface area contributed by atoms with E-state index in [4.69, 9.17) is 11.6 Å². The van der Waals surface area contributed by atoms with E-state index in [-0.39, 0.29) is 6.04 Å². The average molecular weight is 306 g/mol. The maximum absolute atomic E-state index is 6.37. The summed E-state index contributed by atoms with van der Waals surface area (Å²) >= 11 is 6.37. The lowest BCUT2D eigenvalue weighted by molar-refractivity contribution is 0.496. The van der Waals surface area contributed by atoms with Crippen molar-refractivity contribution in [2.75, 3.05) is 7.05 Å². The Morgan fingerprint density at radius 2 is 2.10 bits per heavy atom. The third-order valence-electron chi connectivity index (χ3n) is 3.88. The van der Waals surface area contributed by atoms with Gasteiger partial charge in [0.25, 0.3) is 0 Å². The van der Waals surface area contributed by atoms with Gasteiger partial charge in [0, 0.05) is 6.54 Å². The zero-order valence-electron chi connectivity index (χ0n) is 13.3. The number of aryl methyl sites for hydroxylation is 3. The van der Waals surface area contributed by atoms with E-state index in [1.165, 1.54) is 16.7 Å². The monoisotopic (exact) mass is 305 g/mol. The highest BCUT2D eigenvalue weighted by molar-refractivity contribution is 6.31. The Bertz CT molecular complexity index is 604. The smallest absolute Gasteiger partial charge is 0.0834 e. The fraction of sp³-hybridized carbons (Fsp3) is 0.471. The zero-order valence-corrected chi connectivity index (χ0v) is 14.0. The molecule has 1 aromatic heterocycles. The van der Waals surface area contributed by atoms with E-state index in [0.717, 1.165) is 30.1 Å². The van der Waals surface area contributed by atoms with Crippen LogP contribution in [-0.2, 0) is 13.0 Å². The van der Waals surface area contributed by atoms with Gasteiger partial charge in [-0.15, -0.1) is 0 Å². The van der Waals surface area contributed by atoms with Crippen LogP contribution in [0, 0.1) is 13.8 Å². The maximum atomic E-state index is 6.37. The Labute approximate surface area is 132 Å². The van der Waals surface area contributed by atoms with Gasteiger partial charge in [0.15, 0.2) is 0 Å². The summed E-state index contributed by atoms with van der Waals surface area (Å²) in [7, 11) is 1.98. The lowest BCUT2D eigenvalue weighted by atomic mass is 9.97. The second-order valence-electron chi connectivity index (χ2n) is 5.58. The lowest BCUT2D eigenvalue weighted by Crippen LogP contribution is -2.23. The summed E-state index contributed by atoms with van der Waals surface area (Å²) in [5, 5.41) is 8.54. The van der Waals surface area contributed by atoms with Crippen molar-refractivity contribution in [1.29, 1.82) is 0 Å². The molecule has 3 nitrogen and oxygen atoms in total. The number of likely N-dealkylation sites (N-methyl/N-ethyl adjacent to an activating group) is 1. The highest BCUT2D eigenvalue weighted by atomic mass is 35.5. The molecule has 4 heteroatoms. The van der Waals surface area contributed by atoms with Crippen molar-refractivity contribution >= 4 is 11.6 Å². The van der Waals surface area contributed by atoms with Crippen LogP contribution >= 0.6 is 11.6 Å². The van der Waals surface area contributed by atoms with Gasteiger partial charge in [0.2, 0.25) is 0 Å². The number of rotatable bonds is 6. The number of nitrogens with one attached hydrogen (secondary N) is 1. The fourth-order valence-corrected chi connectivity index (χ4v) is 2.96. The van der Waals surface area contributed by atoms with Crippen molar-refractivity contribution in [2.45, 2.75) is 46.2 Å². The van der Waals surface area contributed by atoms with Crippen LogP contribution < -0.4 is 5.32 Å². The highest BCUT2D eigenvalue weighted by Crippen LogP contribution is 2.27. The minimum absolute atomic E-state index is 0.173. The van der Waals surface area contributed by atoms with E-state index in [9.17, 15) is 0 Å². The Morgan fingerprint density at radius 3 is 2.76 bits per heavy atom. The molecular weight excluding hydrogens is 282 g/mol. The number of hydrogen-bond donors (Lipinski definition) is 1. The number of benzene rings is 1. The molecule has 114 valence electrons. The van der Waals surface area contributed by atoms with Crippen LogP contribution in [0.2, 0.25) is 5.02 Å². The molecule has 0 radical (unpaired) electrons. The summed E-state index contributed by atoms with van der Waals surface area (Å²) in [6, 6.07) is 6.77. The molecular formula is C17H24ClN3. The lowest BCUT2D eigenvalue weighted by Gasteiger charge is -2.20. The molecule has 21 heavy (non-hydrogen) atoms. The molecule has 1 aromatic carbocycles. The second-order valence-corrected chi connectivity index (χ2v) is 5.98. The summed E-state index contributed by atoms with van der Waals surface area (Å²) in [6.07, 6.45) is 3.71. The standard InChI is InChI=1S/C17H24ClN3/c1-5-8-21-17(15(18)11-20-21)16(19-4)10-14-9-12(2)6-7-13(14)3/h6-7,9,11,16,19H,5,8,10H2,1-4H3. The average Bonchev–Trinajstić information content (AvgIpc) is 2.81. The van der Waals surface area contributed by atoms with E-state index in [0.29, 0.717) is 0 Å². The van der Waals surface area contributed by atoms with Crippen LogP contribution in [-0.4, -0.2) is 16.8 Å². The minimum atomic E-state index is 0.173. The van der Waals surface area contributed by atoms with Crippen LogP contribution in [0.25, 0.3) is 0 Å². The van der Waals surface area contributed by atoms with Crippen LogP contribution in [0.3, 0.4) is 0 Å². The third kappa shape index (κ3) is 3.66. The van der Waals surface area contributed by atoms with Gasteiger partial charge >= 0.3 is 0 Å². The minimum Gasteiger partial charge on any atom is -0.311 e. The fourth-order valence-electron chi connectivity index (χ4n) is 2.68. The molecule has 1 unspecified atom stereocenters. The Morgan fingerprint density at radius 1 is 1.33 bits per heavy atom. The first-order valence-corrected chi connectivity index (χ1v) is 7.89. The van der Waals surface area contributed by atoms with E-state index in [1.54, 1.807) is 6.20 Å². The quantitative estimate of drug-likeness (QED) is 0.872. The van der Waals surface area contributed by atoms with Crippen molar-refractivity contribution in [2.24, 2.45) is 0 Å². The van der Waals surface area contributed by atoms with Gasteiger partial charge in [-0.05, 0) is 44.9 Å². The van der Waals surface area contributed by atoms with Crippen LogP contribution in [0.5, 0.6) is 0 Å². The molecule has 2 rings (SSSR count). The molecule has 0 saturated heterocycles. The van der Waals surface area contributed by atoms with Gasteiger partial charge < -0.3 is 5.32 Å². The number of halogens is 1. The van der Waals surface area contributed by atoms with Crippen molar-refractivity contribution in [3.05, 3.63) is 51.8 Å². The molecule has 0 spiro atoms. The third-order valence-corrected chi connectivity index (χ3v) is 4.17. The van der Waals surface area contributed by atoms with E-state index < -0.39 is 0 Å². The van der Waals surface area contributed by atoms with E-state index in [1.807, 2.05) is 11.7 Å². The van der Waals surface area contributed by atoms with Crippen LogP contribution in [0.15, 0.2) is 24.4 Å². The number of hydrogen-bond acceptors (Lipinski definition) is 2. The molecule has 0 aliphatic heterocycles. The maximum Gasteiger partial charge on any atom is 0.0834 e. The normalized spacial score (nSPS) is 12.6. The number of nitrogens with zero attached hydrogens (tertiary/aromatic N) is 2. The summed E-state index contributed by atoms with van der Waals surface area (Å²) in [4.78, 5) is 0. The first-order chi connectivity index (χ1) is 10.1. The van der Waals surface area contributed by atoms with Crippen LogP contribution in [0.1, 0.15) is 41.8 Å². The number of aromatic nitrogens is 2. The van der Waals surface area contributed by atoms with Crippen molar-refractivity contribution in [1.82, 2.24) is 15.1 Å². The van der Waals surface area contributed by atoms with E-state index >= 15 is 0 Å². The molecule has 1 atom stereocenters. The molecule has 0 saturated carbocycles. The molecule has 0 fully saturated rings. The Balaban J connectivity index is 2.32. The van der Waals surface area contributed by atoms with Gasteiger partial charge in [0.1, 0.15) is 0 Å². The Hall–Kier alpha value is -1.32. The first-order valence-electron chi connectivity index (χ1n) is 7.51. The van der Waals surface area contributed by atoms with Crippen molar-refractivity contribution in [3.8, 4) is 0 Å². The predicted molar refractivity (Wildman–Crippen MR) is 88.9 cm³/mol. The molecule has 1 heterocycles. The van der Waals surface area contributed by atoms with Gasteiger partial charge in [-0.1, -0.05) is 42.3 Å². The Kier molecular flexibility index (Phi) is 5.43. The van der Waals surface area contributed by atoms with E-state index in [2.05, 4.69) is 49.4 Å². The largest absolute Gasteiger partial charge is 0.311 e. The topological polar surface area (TPSA) is 29.9 Å². The zero-order chi connectivity index (χ0) is 15.4. The summed E-state index contributed by atoms with van der Waals surface area (Å²) in [5.41, 5.74) is 5.05. The molecule has 1 N–H and O–H groups in total. The molecule has 0 amide bonds. The van der Waals surface area contributed by atoms with Crippen molar-refractivity contribution < 1.29 is 0 Å². The second kappa shape index (κ2) is 7.10. The summed E-state index contributed by atoms with van der Waals surface area (Å²) < 4.78 is 2.02. The molecule has 0 aliphatic rings.